The molecule has 20 heavy (non-hydrogen) atoms. The predicted molar refractivity (Wildman–Crippen MR) is 77.7 cm³/mol. The van der Waals surface area contributed by atoms with Crippen molar-refractivity contribution in [2.24, 2.45) is 0 Å². The number of urea groups is 1. The molecule has 0 aromatic heterocycles. The Labute approximate surface area is 118 Å². The summed E-state index contributed by atoms with van der Waals surface area (Å²) < 4.78 is 5.05. The van der Waals surface area contributed by atoms with Crippen molar-refractivity contribution in [3.8, 4) is 0 Å². The zero-order valence-electron chi connectivity index (χ0n) is 11.4. The van der Waals surface area contributed by atoms with Crippen LogP contribution in [0.4, 0.5) is 4.79 Å². The molecule has 0 saturated carbocycles. The SMILES string of the molecule is CO[P+](CO)(CO)CNC(=O)NC[P+](CO)(CO)CO. The van der Waals surface area contributed by atoms with Gasteiger partial charge in [-0.05, 0) is 0 Å². The van der Waals surface area contributed by atoms with Crippen molar-refractivity contribution in [1.82, 2.24) is 10.6 Å². The van der Waals surface area contributed by atoms with Crippen LogP contribution in [0.2, 0.25) is 0 Å². The molecule has 0 bridgehead atoms. The van der Waals surface area contributed by atoms with Crippen LogP contribution in [0.15, 0.2) is 0 Å². The topological polar surface area (TPSA) is 152 Å². The van der Waals surface area contributed by atoms with Gasteiger partial charge in [-0.15, -0.1) is 0 Å². The molecule has 11 heteroatoms. The molecule has 0 unspecified atom stereocenters. The van der Waals surface area contributed by atoms with Crippen molar-refractivity contribution in [2.45, 2.75) is 0 Å². The molecule has 7 N–H and O–H groups in total. The lowest BCUT2D eigenvalue weighted by atomic mass is 10.9. The number of amides is 2. The van der Waals surface area contributed by atoms with Gasteiger partial charge in [-0.2, -0.15) is 0 Å². The van der Waals surface area contributed by atoms with Crippen LogP contribution in [0.1, 0.15) is 0 Å². The number of hydrogen-bond acceptors (Lipinski definition) is 7. The predicted octanol–water partition coefficient (Wildman–Crippen LogP) is -1.45. The highest BCUT2D eigenvalue weighted by atomic mass is 31.2. The standard InChI is InChI=1S/C9H23N2O7P2/c1-18-20(7-15,8-16)3-11-9(17)10-2-19(4-12,5-13)6-14/h12-16H,2-8H2,1H3,(H-,10,11,17)/q+1/p+1. The van der Waals surface area contributed by atoms with Crippen LogP contribution in [0, 0.1) is 0 Å². The van der Waals surface area contributed by atoms with Gasteiger partial charge in [0.05, 0.1) is 7.11 Å². The van der Waals surface area contributed by atoms with Gasteiger partial charge in [0.25, 0.3) is 0 Å². The van der Waals surface area contributed by atoms with Gasteiger partial charge < -0.3 is 36.2 Å². The second-order valence-electron chi connectivity index (χ2n) is 4.29. The molecule has 0 heterocycles. The lowest BCUT2D eigenvalue weighted by molar-refractivity contribution is 0.242. The first-order valence-corrected chi connectivity index (χ1v) is 10.6. The van der Waals surface area contributed by atoms with Gasteiger partial charge in [-0.25, -0.2) is 9.32 Å². The van der Waals surface area contributed by atoms with Gasteiger partial charge in [-0.3, -0.25) is 0 Å². The quantitative estimate of drug-likeness (QED) is 0.241. The molecule has 0 fully saturated rings. The lowest BCUT2D eigenvalue weighted by Gasteiger charge is -2.22. The fourth-order valence-electron chi connectivity index (χ4n) is 1.13. The van der Waals surface area contributed by atoms with E-state index in [-0.39, 0.29) is 44.3 Å². The van der Waals surface area contributed by atoms with Gasteiger partial charge in [0.2, 0.25) is 7.49 Å². The Morgan fingerprint density at radius 2 is 1.35 bits per heavy atom. The van der Waals surface area contributed by atoms with E-state index in [1.165, 1.54) is 7.11 Å². The minimum Gasteiger partial charge on any atom is -0.361 e. The van der Waals surface area contributed by atoms with Crippen LogP contribution in [-0.4, -0.2) is 83.0 Å². The van der Waals surface area contributed by atoms with E-state index in [9.17, 15) is 4.79 Å². The monoisotopic (exact) mass is 334 g/mol. The van der Waals surface area contributed by atoms with E-state index in [0.717, 1.165) is 0 Å². The molecule has 0 atom stereocenters. The summed E-state index contributed by atoms with van der Waals surface area (Å²) in [6.07, 6.45) is -1.86. The van der Waals surface area contributed by atoms with E-state index in [4.69, 9.17) is 30.1 Å². The van der Waals surface area contributed by atoms with Gasteiger partial charge >= 0.3 is 6.03 Å². The summed E-state index contributed by atoms with van der Waals surface area (Å²) >= 11 is 0. The second kappa shape index (κ2) is 9.76. The highest BCUT2D eigenvalue weighted by Gasteiger charge is 2.39. The van der Waals surface area contributed by atoms with E-state index >= 15 is 0 Å². The maximum absolute atomic E-state index is 11.6. The Balaban J connectivity index is 4.30. The Kier molecular flexibility index (Phi) is 9.71. The summed E-state index contributed by atoms with van der Waals surface area (Å²) in [4.78, 5) is 11.6. The number of hydrogen-bond donors (Lipinski definition) is 7. The molecule has 9 nitrogen and oxygen atoms in total. The van der Waals surface area contributed by atoms with Crippen LogP contribution < -0.4 is 10.6 Å². The van der Waals surface area contributed by atoms with Crippen molar-refractivity contribution in [1.29, 1.82) is 0 Å². The van der Waals surface area contributed by atoms with Gasteiger partial charge in [0, 0.05) is 0 Å². The average molecular weight is 334 g/mol. The third-order valence-corrected chi connectivity index (χ3v) is 8.07. The number of rotatable bonds is 10. The zero-order valence-corrected chi connectivity index (χ0v) is 13.2. The van der Waals surface area contributed by atoms with Gasteiger partial charge in [-0.1, -0.05) is 0 Å². The Morgan fingerprint density at radius 3 is 1.70 bits per heavy atom. The second-order valence-corrected chi connectivity index (χ2v) is 11.5. The molecule has 0 spiro atoms. The molecule has 0 aromatic rings. The van der Waals surface area contributed by atoms with Gasteiger partial charge in [0.1, 0.15) is 13.5 Å². The smallest absolute Gasteiger partial charge is 0.320 e. The molecule has 0 rings (SSSR count). The van der Waals surface area contributed by atoms with E-state index in [1.54, 1.807) is 0 Å². The largest absolute Gasteiger partial charge is 0.361 e. The van der Waals surface area contributed by atoms with Crippen molar-refractivity contribution in [3.63, 3.8) is 0 Å². The Hall–Kier alpha value is -0.110. The summed E-state index contributed by atoms with van der Waals surface area (Å²) in [5.74, 6) is 0. The minimum atomic E-state index is -2.48. The third kappa shape index (κ3) is 5.71. The number of carbonyl (C=O) groups excluding carboxylic acids is 1. The van der Waals surface area contributed by atoms with Crippen molar-refractivity contribution in [2.75, 3.05) is 51.4 Å². The van der Waals surface area contributed by atoms with Gasteiger partial charge in [0.15, 0.2) is 38.0 Å². The molecule has 2 amide bonds. The fourth-order valence-corrected chi connectivity index (χ4v) is 3.26. The first-order valence-electron chi connectivity index (χ1n) is 5.80. The zero-order chi connectivity index (χ0) is 15.6. The number of aliphatic hydroxyl groups is 5. The van der Waals surface area contributed by atoms with Crippen molar-refractivity contribution >= 4 is 20.8 Å². The van der Waals surface area contributed by atoms with E-state index < -0.39 is 20.8 Å². The van der Waals surface area contributed by atoms with E-state index in [1.807, 2.05) is 0 Å². The Bertz CT molecular complexity index is 245. The summed E-state index contributed by atoms with van der Waals surface area (Å²) in [5.41, 5.74) is 0. The molecular weight excluding hydrogens is 310 g/mol. The van der Waals surface area contributed by atoms with Crippen molar-refractivity contribution < 1.29 is 34.9 Å². The summed E-state index contributed by atoms with van der Waals surface area (Å²) in [7, 11) is -3.54. The number of aliphatic hydroxyl groups excluding tert-OH is 5. The molecule has 0 aliphatic carbocycles. The van der Waals surface area contributed by atoms with Crippen LogP contribution in [0.25, 0.3) is 0 Å². The van der Waals surface area contributed by atoms with E-state index in [0.29, 0.717) is 0 Å². The summed E-state index contributed by atoms with van der Waals surface area (Å²) in [6.45, 7) is 0. The molecule has 0 radical (unpaired) electrons. The Morgan fingerprint density at radius 1 is 0.900 bits per heavy atom. The van der Waals surface area contributed by atoms with Crippen molar-refractivity contribution in [3.05, 3.63) is 0 Å². The summed E-state index contributed by atoms with van der Waals surface area (Å²) in [6, 6.07) is -0.590. The van der Waals surface area contributed by atoms with E-state index in [2.05, 4.69) is 10.6 Å². The molecular formula is C9H24N2O7P2+2. The maximum atomic E-state index is 11.6. The molecule has 0 aliphatic heterocycles. The molecule has 120 valence electrons. The molecule has 0 aliphatic rings. The van der Waals surface area contributed by atoms with Crippen LogP contribution in [-0.2, 0) is 4.52 Å². The first kappa shape index (κ1) is 19.9. The molecule has 0 aromatic carbocycles. The average Bonchev–Trinajstić information content (AvgIpc) is 2.51. The highest BCUT2D eigenvalue weighted by Crippen LogP contribution is 2.56. The highest BCUT2D eigenvalue weighted by molar-refractivity contribution is 7.75. The van der Waals surface area contributed by atoms with Crippen LogP contribution in [0.3, 0.4) is 0 Å². The lowest BCUT2D eigenvalue weighted by Crippen LogP contribution is -2.39. The molecule has 0 saturated heterocycles. The van der Waals surface area contributed by atoms with Crippen LogP contribution in [0.5, 0.6) is 0 Å². The summed E-state index contributed by atoms with van der Waals surface area (Å²) in [5, 5.41) is 50.6. The third-order valence-electron chi connectivity index (χ3n) is 2.91. The normalized spacial score (nSPS) is 12.3. The number of nitrogens with one attached hydrogen (secondary N) is 2. The fraction of sp³-hybridized carbons (Fsp3) is 0.889. The minimum absolute atomic E-state index is 0.00878. The maximum Gasteiger partial charge on any atom is 0.320 e. The number of carbonyl (C=O) groups is 1. The van der Waals surface area contributed by atoms with Crippen LogP contribution >= 0.6 is 14.8 Å². The first-order chi connectivity index (χ1) is 9.46.